The lowest BCUT2D eigenvalue weighted by Gasteiger charge is -2.23. The summed E-state index contributed by atoms with van der Waals surface area (Å²) in [6, 6.07) is 15.0. The standard InChI is InChI=1S/C19H24N2O/c22-19(16-9-11-20-12-10-16)14-21-18-8-4-7-17(18)13-15-5-2-1-3-6-15/h1-3,5-6,9-12,17-19,21-22H,4,7-8,13-14H2. The van der Waals surface area contributed by atoms with Gasteiger partial charge in [-0.3, -0.25) is 4.98 Å². The highest BCUT2D eigenvalue weighted by Crippen LogP contribution is 2.29. The summed E-state index contributed by atoms with van der Waals surface area (Å²) in [7, 11) is 0. The summed E-state index contributed by atoms with van der Waals surface area (Å²) in [4.78, 5) is 3.99. The minimum atomic E-state index is -0.457. The summed E-state index contributed by atoms with van der Waals surface area (Å²) in [5.74, 6) is 0.673. The van der Waals surface area contributed by atoms with E-state index in [0.29, 0.717) is 18.5 Å². The van der Waals surface area contributed by atoms with Gasteiger partial charge in [0.15, 0.2) is 0 Å². The van der Waals surface area contributed by atoms with Crippen LogP contribution in [-0.4, -0.2) is 22.7 Å². The molecule has 0 radical (unpaired) electrons. The van der Waals surface area contributed by atoms with Crippen molar-refractivity contribution in [2.75, 3.05) is 6.54 Å². The van der Waals surface area contributed by atoms with E-state index in [1.807, 2.05) is 12.1 Å². The topological polar surface area (TPSA) is 45.1 Å². The van der Waals surface area contributed by atoms with Crippen molar-refractivity contribution in [2.24, 2.45) is 5.92 Å². The average molecular weight is 296 g/mol. The van der Waals surface area contributed by atoms with Gasteiger partial charge in [0.2, 0.25) is 0 Å². The van der Waals surface area contributed by atoms with Gasteiger partial charge in [-0.2, -0.15) is 0 Å². The Labute approximate surface area is 132 Å². The summed E-state index contributed by atoms with van der Waals surface area (Å²) in [6.07, 6.45) is 7.89. The average Bonchev–Trinajstić information content (AvgIpc) is 3.01. The molecule has 1 aromatic carbocycles. The number of nitrogens with one attached hydrogen (secondary N) is 1. The first-order valence-electron chi connectivity index (χ1n) is 8.18. The third-order valence-electron chi connectivity index (χ3n) is 4.66. The predicted octanol–water partition coefficient (Wildman–Crippen LogP) is 3.12. The predicted molar refractivity (Wildman–Crippen MR) is 88.5 cm³/mol. The van der Waals surface area contributed by atoms with Gasteiger partial charge >= 0.3 is 0 Å². The first-order valence-corrected chi connectivity index (χ1v) is 8.18. The Bertz CT molecular complexity index is 558. The van der Waals surface area contributed by atoms with Crippen molar-refractivity contribution in [3.63, 3.8) is 0 Å². The first-order chi connectivity index (χ1) is 10.8. The van der Waals surface area contributed by atoms with Crippen molar-refractivity contribution in [3.05, 3.63) is 66.0 Å². The van der Waals surface area contributed by atoms with Crippen molar-refractivity contribution in [1.82, 2.24) is 10.3 Å². The summed E-state index contributed by atoms with van der Waals surface area (Å²) in [6.45, 7) is 0.611. The van der Waals surface area contributed by atoms with Crippen LogP contribution in [0, 0.1) is 5.92 Å². The number of hydrogen-bond acceptors (Lipinski definition) is 3. The smallest absolute Gasteiger partial charge is 0.0915 e. The summed E-state index contributed by atoms with van der Waals surface area (Å²) in [5, 5.41) is 13.8. The molecule has 22 heavy (non-hydrogen) atoms. The van der Waals surface area contributed by atoms with Crippen molar-refractivity contribution in [2.45, 2.75) is 37.8 Å². The number of nitrogens with zero attached hydrogens (tertiary/aromatic N) is 1. The Kier molecular flexibility index (Phi) is 5.20. The highest BCUT2D eigenvalue weighted by molar-refractivity contribution is 5.16. The molecule has 3 heteroatoms. The van der Waals surface area contributed by atoms with Crippen LogP contribution < -0.4 is 5.32 Å². The van der Waals surface area contributed by atoms with Gasteiger partial charge in [0, 0.05) is 25.0 Å². The fourth-order valence-corrected chi connectivity index (χ4v) is 3.43. The summed E-state index contributed by atoms with van der Waals surface area (Å²) >= 11 is 0. The summed E-state index contributed by atoms with van der Waals surface area (Å²) in [5.41, 5.74) is 2.34. The number of aliphatic hydroxyl groups excluding tert-OH is 1. The van der Waals surface area contributed by atoms with Gasteiger partial charge in [-0.1, -0.05) is 36.8 Å². The molecule has 0 spiro atoms. The summed E-state index contributed by atoms with van der Waals surface area (Å²) < 4.78 is 0. The van der Waals surface area contributed by atoms with E-state index in [1.54, 1.807) is 12.4 Å². The lowest BCUT2D eigenvalue weighted by atomic mass is 9.94. The molecule has 1 saturated carbocycles. The Balaban J connectivity index is 1.53. The Morgan fingerprint density at radius 3 is 2.64 bits per heavy atom. The van der Waals surface area contributed by atoms with E-state index in [4.69, 9.17) is 0 Å². The van der Waals surface area contributed by atoms with E-state index in [1.165, 1.54) is 24.8 Å². The van der Waals surface area contributed by atoms with Crippen LogP contribution in [-0.2, 0) is 6.42 Å². The van der Waals surface area contributed by atoms with Crippen LogP contribution >= 0.6 is 0 Å². The largest absolute Gasteiger partial charge is 0.387 e. The van der Waals surface area contributed by atoms with Gasteiger partial charge in [0.25, 0.3) is 0 Å². The minimum Gasteiger partial charge on any atom is -0.387 e. The van der Waals surface area contributed by atoms with Crippen molar-refractivity contribution < 1.29 is 5.11 Å². The molecule has 0 amide bonds. The van der Waals surface area contributed by atoms with E-state index in [9.17, 15) is 5.11 Å². The molecule has 1 fully saturated rings. The number of aliphatic hydroxyl groups is 1. The highest BCUT2D eigenvalue weighted by atomic mass is 16.3. The van der Waals surface area contributed by atoms with Crippen molar-refractivity contribution in [3.8, 4) is 0 Å². The molecular formula is C19H24N2O. The van der Waals surface area contributed by atoms with E-state index in [2.05, 4.69) is 40.6 Å². The van der Waals surface area contributed by atoms with Crippen molar-refractivity contribution in [1.29, 1.82) is 0 Å². The molecule has 3 unspecified atom stereocenters. The zero-order chi connectivity index (χ0) is 15.2. The van der Waals surface area contributed by atoms with Crippen LogP contribution in [0.2, 0.25) is 0 Å². The van der Waals surface area contributed by atoms with E-state index >= 15 is 0 Å². The molecule has 1 aromatic heterocycles. The maximum absolute atomic E-state index is 10.3. The third kappa shape index (κ3) is 3.93. The monoisotopic (exact) mass is 296 g/mol. The quantitative estimate of drug-likeness (QED) is 0.861. The normalized spacial score (nSPS) is 22.6. The molecule has 1 aliphatic rings. The zero-order valence-corrected chi connectivity index (χ0v) is 12.9. The molecule has 0 saturated heterocycles. The molecule has 3 rings (SSSR count). The lowest BCUT2D eigenvalue weighted by Crippen LogP contribution is -2.36. The molecule has 1 aliphatic carbocycles. The fourth-order valence-electron chi connectivity index (χ4n) is 3.43. The van der Waals surface area contributed by atoms with Crippen LogP contribution in [0.5, 0.6) is 0 Å². The Morgan fingerprint density at radius 2 is 1.86 bits per heavy atom. The second kappa shape index (κ2) is 7.52. The van der Waals surface area contributed by atoms with Crippen LogP contribution in [0.3, 0.4) is 0 Å². The molecule has 2 N–H and O–H groups in total. The first kappa shape index (κ1) is 15.2. The maximum Gasteiger partial charge on any atom is 0.0915 e. The second-order valence-corrected chi connectivity index (χ2v) is 6.19. The van der Waals surface area contributed by atoms with Gasteiger partial charge < -0.3 is 10.4 Å². The Hall–Kier alpha value is -1.71. The molecule has 2 aromatic rings. The van der Waals surface area contributed by atoms with E-state index in [0.717, 1.165) is 12.0 Å². The minimum absolute atomic E-state index is 0.457. The SMILES string of the molecule is OC(CNC1CCCC1Cc1ccccc1)c1ccncc1. The van der Waals surface area contributed by atoms with Crippen LogP contribution in [0.1, 0.15) is 36.5 Å². The maximum atomic E-state index is 10.3. The van der Waals surface area contributed by atoms with Gasteiger partial charge in [-0.25, -0.2) is 0 Å². The van der Waals surface area contributed by atoms with Crippen molar-refractivity contribution >= 4 is 0 Å². The molecule has 0 bridgehead atoms. The highest BCUT2D eigenvalue weighted by Gasteiger charge is 2.27. The molecule has 1 heterocycles. The molecule has 0 aliphatic heterocycles. The number of pyridine rings is 1. The number of rotatable bonds is 6. The molecule has 3 nitrogen and oxygen atoms in total. The van der Waals surface area contributed by atoms with Crippen LogP contribution in [0.25, 0.3) is 0 Å². The van der Waals surface area contributed by atoms with Gasteiger partial charge in [0.1, 0.15) is 0 Å². The zero-order valence-electron chi connectivity index (χ0n) is 12.9. The molecule has 3 atom stereocenters. The number of hydrogen-bond donors (Lipinski definition) is 2. The molecular weight excluding hydrogens is 272 g/mol. The third-order valence-corrected chi connectivity index (χ3v) is 4.66. The molecule has 116 valence electrons. The van der Waals surface area contributed by atoms with Crippen LogP contribution in [0.15, 0.2) is 54.9 Å². The lowest BCUT2D eigenvalue weighted by molar-refractivity contribution is 0.166. The second-order valence-electron chi connectivity index (χ2n) is 6.19. The fraction of sp³-hybridized carbons (Fsp3) is 0.421. The number of aromatic nitrogens is 1. The van der Waals surface area contributed by atoms with E-state index in [-0.39, 0.29) is 0 Å². The van der Waals surface area contributed by atoms with Gasteiger partial charge in [-0.05, 0) is 48.4 Å². The van der Waals surface area contributed by atoms with Gasteiger partial charge in [0.05, 0.1) is 6.10 Å². The Morgan fingerprint density at radius 1 is 1.09 bits per heavy atom. The number of benzene rings is 1. The van der Waals surface area contributed by atoms with Crippen LogP contribution in [0.4, 0.5) is 0 Å². The van der Waals surface area contributed by atoms with Gasteiger partial charge in [-0.15, -0.1) is 0 Å². The van der Waals surface area contributed by atoms with E-state index < -0.39 is 6.10 Å².